The van der Waals surface area contributed by atoms with Crippen LogP contribution in [0.4, 0.5) is 0 Å². The van der Waals surface area contributed by atoms with Gasteiger partial charge in [0, 0.05) is 6.61 Å². The van der Waals surface area contributed by atoms with Crippen LogP contribution in [-0.2, 0) is 14.8 Å². The van der Waals surface area contributed by atoms with E-state index in [-0.39, 0.29) is 6.10 Å². The Morgan fingerprint density at radius 2 is 2.00 bits per heavy atom. The lowest BCUT2D eigenvalue weighted by Gasteiger charge is -2.29. The first-order valence-electron chi connectivity index (χ1n) is 4.69. The van der Waals surface area contributed by atoms with Crippen molar-refractivity contribution in [2.45, 2.75) is 44.0 Å². The zero-order valence-electron chi connectivity index (χ0n) is 7.90. The van der Waals surface area contributed by atoms with Crippen LogP contribution in [-0.4, -0.2) is 26.4 Å². The Balaban J connectivity index is 2.67. The molecule has 1 rings (SSSR count). The summed E-state index contributed by atoms with van der Waals surface area (Å²) in [6.07, 6.45) is 3.24. The van der Waals surface area contributed by atoms with Gasteiger partial charge in [0.2, 0.25) is 10.0 Å². The Kier molecular flexibility index (Phi) is 3.70. The Hall–Kier alpha value is -0.130. The van der Waals surface area contributed by atoms with E-state index in [1.165, 1.54) is 0 Å². The highest BCUT2D eigenvalue weighted by Crippen LogP contribution is 2.25. The molecule has 0 bridgehead atoms. The average molecular weight is 207 g/mol. The molecule has 1 saturated carbocycles. The minimum atomic E-state index is -3.42. The summed E-state index contributed by atoms with van der Waals surface area (Å²) >= 11 is 0. The number of hydrogen-bond acceptors (Lipinski definition) is 3. The molecule has 2 N–H and O–H groups in total. The van der Waals surface area contributed by atoms with Crippen LogP contribution in [0, 0.1) is 0 Å². The summed E-state index contributed by atoms with van der Waals surface area (Å²) in [4.78, 5) is 0. The summed E-state index contributed by atoms with van der Waals surface area (Å²) in [6, 6.07) is 0. The van der Waals surface area contributed by atoms with Crippen molar-refractivity contribution in [3.05, 3.63) is 0 Å². The summed E-state index contributed by atoms with van der Waals surface area (Å²) in [5, 5.41) is 4.64. The molecule has 13 heavy (non-hydrogen) atoms. The van der Waals surface area contributed by atoms with E-state index in [0.717, 1.165) is 19.3 Å². The van der Waals surface area contributed by atoms with Crippen molar-refractivity contribution in [3.63, 3.8) is 0 Å². The monoisotopic (exact) mass is 207 g/mol. The largest absolute Gasteiger partial charge is 0.377 e. The summed E-state index contributed by atoms with van der Waals surface area (Å²) in [7, 11) is -3.42. The third-order valence-corrected chi connectivity index (χ3v) is 3.83. The number of rotatable bonds is 3. The van der Waals surface area contributed by atoms with E-state index in [2.05, 4.69) is 0 Å². The van der Waals surface area contributed by atoms with E-state index in [1.54, 1.807) is 0 Å². The van der Waals surface area contributed by atoms with Crippen LogP contribution in [0.3, 0.4) is 0 Å². The van der Waals surface area contributed by atoms with Gasteiger partial charge in [-0.2, -0.15) is 0 Å². The van der Waals surface area contributed by atoms with Crippen LogP contribution in [0.2, 0.25) is 0 Å². The molecule has 2 atom stereocenters. The van der Waals surface area contributed by atoms with Crippen molar-refractivity contribution in [3.8, 4) is 0 Å². The second-order valence-electron chi connectivity index (χ2n) is 3.41. The van der Waals surface area contributed by atoms with Crippen LogP contribution >= 0.6 is 0 Å². The normalized spacial score (nSPS) is 30.3. The van der Waals surface area contributed by atoms with E-state index >= 15 is 0 Å². The van der Waals surface area contributed by atoms with Gasteiger partial charge >= 0.3 is 0 Å². The minimum absolute atomic E-state index is 0.186. The fraction of sp³-hybridized carbons (Fsp3) is 1.00. The highest BCUT2D eigenvalue weighted by molar-refractivity contribution is 7.89. The van der Waals surface area contributed by atoms with Gasteiger partial charge in [-0.25, -0.2) is 13.6 Å². The van der Waals surface area contributed by atoms with Gasteiger partial charge in [-0.3, -0.25) is 0 Å². The first-order valence-corrected chi connectivity index (χ1v) is 6.30. The molecule has 4 nitrogen and oxygen atoms in total. The maximum absolute atomic E-state index is 11.2. The van der Waals surface area contributed by atoms with E-state index in [4.69, 9.17) is 9.88 Å². The Labute approximate surface area is 79.5 Å². The van der Waals surface area contributed by atoms with Crippen LogP contribution in [0.15, 0.2) is 0 Å². The van der Waals surface area contributed by atoms with Crippen molar-refractivity contribution in [1.82, 2.24) is 0 Å². The molecule has 78 valence electrons. The summed E-state index contributed by atoms with van der Waals surface area (Å²) in [5.74, 6) is 0. The van der Waals surface area contributed by atoms with Gasteiger partial charge in [0.15, 0.2) is 0 Å². The molecular formula is C8H17NO3S. The highest BCUT2D eigenvalue weighted by atomic mass is 32.2. The van der Waals surface area contributed by atoms with E-state index in [9.17, 15) is 8.42 Å². The van der Waals surface area contributed by atoms with Gasteiger partial charge in [-0.1, -0.05) is 12.8 Å². The molecular weight excluding hydrogens is 190 g/mol. The third kappa shape index (κ3) is 2.93. The molecule has 0 aliphatic heterocycles. The van der Waals surface area contributed by atoms with Crippen molar-refractivity contribution in [1.29, 1.82) is 0 Å². The molecule has 0 heterocycles. The number of hydrogen-bond donors (Lipinski definition) is 1. The number of primary sulfonamides is 1. The lowest BCUT2D eigenvalue weighted by Crippen LogP contribution is -2.42. The van der Waals surface area contributed by atoms with Crippen molar-refractivity contribution in [2.24, 2.45) is 5.14 Å². The van der Waals surface area contributed by atoms with Crippen molar-refractivity contribution < 1.29 is 13.2 Å². The summed E-state index contributed by atoms with van der Waals surface area (Å²) in [5.41, 5.74) is 0. The Morgan fingerprint density at radius 3 is 2.54 bits per heavy atom. The average Bonchev–Trinajstić information content (AvgIpc) is 2.04. The fourth-order valence-corrected chi connectivity index (χ4v) is 2.98. The molecule has 1 aliphatic rings. The molecule has 0 radical (unpaired) electrons. The van der Waals surface area contributed by atoms with Crippen LogP contribution < -0.4 is 5.14 Å². The van der Waals surface area contributed by atoms with E-state index in [1.807, 2.05) is 6.92 Å². The van der Waals surface area contributed by atoms with Gasteiger partial charge in [0.05, 0.1) is 6.10 Å². The molecule has 0 aromatic rings. The van der Waals surface area contributed by atoms with Gasteiger partial charge in [-0.05, 0) is 19.8 Å². The molecule has 0 aromatic heterocycles. The summed E-state index contributed by atoms with van der Waals surface area (Å²) in [6.45, 7) is 2.42. The van der Waals surface area contributed by atoms with Crippen LogP contribution in [0.25, 0.3) is 0 Å². The molecule has 0 aromatic carbocycles. The SMILES string of the molecule is CCO[C@H]1CCCC[C@H]1S(N)(=O)=O. The van der Waals surface area contributed by atoms with Gasteiger partial charge < -0.3 is 4.74 Å². The smallest absolute Gasteiger partial charge is 0.214 e. The molecule has 0 spiro atoms. The number of sulfonamides is 1. The summed E-state index contributed by atoms with van der Waals surface area (Å²) < 4.78 is 27.7. The maximum Gasteiger partial charge on any atom is 0.214 e. The van der Waals surface area contributed by atoms with Gasteiger partial charge in [0.25, 0.3) is 0 Å². The predicted molar refractivity (Wildman–Crippen MR) is 50.8 cm³/mol. The quantitative estimate of drug-likeness (QED) is 0.737. The fourth-order valence-electron chi connectivity index (χ4n) is 1.84. The molecule has 0 amide bonds. The topological polar surface area (TPSA) is 69.4 Å². The number of nitrogens with two attached hydrogens (primary N) is 1. The van der Waals surface area contributed by atoms with E-state index in [0.29, 0.717) is 13.0 Å². The Bertz CT molecular complexity index is 248. The second kappa shape index (κ2) is 4.39. The van der Waals surface area contributed by atoms with Gasteiger partial charge in [-0.15, -0.1) is 0 Å². The molecule has 5 heteroatoms. The Morgan fingerprint density at radius 1 is 1.38 bits per heavy atom. The van der Waals surface area contributed by atoms with Crippen LogP contribution in [0.5, 0.6) is 0 Å². The maximum atomic E-state index is 11.2. The van der Waals surface area contributed by atoms with Crippen LogP contribution in [0.1, 0.15) is 32.6 Å². The molecule has 1 aliphatic carbocycles. The predicted octanol–water partition coefficient (Wildman–Crippen LogP) is 0.623. The lowest BCUT2D eigenvalue weighted by atomic mass is 9.97. The second-order valence-corrected chi connectivity index (χ2v) is 5.19. The molecule has 0 saturated heterocycles. The van der Waals surface area contributed by atoms with E-state index < -0.39 is 15.3 Å². The van der Waals surface area contributed by atoms with Crippen molar-refractivity contribution >= 4 is 10.0 Å². The minimum Gasteiger partial charge on any atom is -0.377 e. The lowest BCUT2D eigenvalue weighted by molar-refractivity contribution is 0.0395. The zero-order valence-corrected chi connectivity index (χ0v) is 8.72. The first kappa shape index (κ1) is 10.9. The number of ether oxygens (including phenoxy) is 1. The molecule has 0 unspecified atom stereocenters. The zero-order chi connectivity index (χ0) is 9.90. The van der Waals surface area contributed by atoms with Gasteiger partial charge in [0.1, 0.15) is 5.25 Å². The first-order chi connectivity index (χ1) is 6.05. The highest BCUT2D eigenvalue weighted by Gasteiger charge is 2.33. The van der Waals surface area contributed by atoms with Crippen molar-refractivity contribution in [2.75, 3.05) is 6.61 Å². The molecule has 1 fully saturated rings. The third-order valence-electron chi connectivity index (χ3n) is 2.44. The standard InChI is InChI=1S/C8H17NO3S/c1-2-12-7-5-3-4-6-8(7)13(9,10)11/h7-8H,2-6H2,1H3,(H2,9,10,11)/t7-,8+/m0/s1.